The number of hydrogen-bond acceptors (Lipinski definition) is 3. The molecule has 2 unspecified atom stereocenters. The molecule has 2 aliphatic heterocycles. The maximum Gasteiger partial charge on any atom is 0.259 e. The highest BCUT2D eigenvalue weighted by Crippen LogP contribution is 2.37. The van der Waals surface area contributed by atoms with Crippen LogP contribution >= 0.6 is 0 Å². The molecule has 1 saturated heterocycles. The standard InChI is InChI=1S/C19H20N2O3/c1-12-9-20(10-13(2)24-12)17(22)11-21-16-8-4-6-14-5-3-7-15(18(14)16)19(21)23/h3-8,12-13H,9-11H2,1-2H3. The Labute approximate surface area is 140 Å². The Morgan fingerprint density at radius 2 is 1.79 bits per heavy atom. The topological polar surface area (TPSA) is 49.9 Å². The van der Waals surface area contributed by atoms with Crippen molar-refractivity contribution >= 4 is 28.3 Å². The third-order valence-corrected chi connectivity index (χ3v) is 4.71. The average Bonchev–Trinajstić information content (AvgIpc) is 2.82. The number of anilines is 1. The number of rotatable bonds is 2. The molecule has 2 aromatic carbocycles. The highest BCUT2D eigenvalue weighted by Gasteiger charge is 2.33. The SMILES string of the molecule is CC1CN(C(=O)CN2C(=O)c3cccc4cccc2c34)CC(C)O1. The van der Waals surface area contributed by atoms with Gasteiger partial charge in [-0.2, -0.15) is 0 Å². The number of ether oxygens (including phenoxy) is 1. The van der Waals surface area contributed by atoms with E-state index in [-0.39, 0.29) is 30.6 Å². The average molecular weight is 324 g/mol. The van der Waals surface area contributed by atoms with Crippen LogP contribution in [0, 0.1) is 0 Å². The number of carbonyl (C=O) groups is 2. The summed E-state index contributed by atoms with van der Waals surface area (Å²) in [7, 11) is 0. The molecule has 0 saturated carbocycles. The van der Waals surface area contributed by atoms with Gasteiger partial charge in [0.1, 0.15) is 6.54 Å². The van der Waals surface area contributed by atoms with Crippen LogP contribution in [0.4, 0.5) is 5.69 Å². The number of morpholine rings is 1. The summed E-state index contributed by atoms with van der Waals surface area (Å²) in [4.78, 5) is 28.9. The van der Waals surface area contributed by atoms with Gasteiger partial charge in [-0.25, -0.2) is 0 Å². The van der Waals surface area contributed by atoms with Crippen molar-refractivity contribution in [3.8, 4) is 0 Å². The van der Waals surface area contributed by atoms with E-state index >= 15 is 0 Å². The number of benzene rings is 2. The Bertz CT molecular complexity index is 817. The minimum absolute atomic E-state index is 0.0209. The van der Waals surface area contributed by atoms with Gasteiger partial charge in [-0.05, 0) is 31.4 Å². The second-order valence-electron chi connectivity index (χ2n) is 6.63. The predicted molar refractivity (Wildman–Crippen MR) is 92.2 cm³/mol. The van der Waals surface area contributed by atoms with E-state index < -0.39 is 0 Å². The molecule has 2 aliphatic rings. The van der Waals surface area contributed by atoms with Gasteiger partial charge in [0.25, 0.3) is 5.91 Å². The zero-order valence-electron chi connectivity index (χ0n) is 13.9. The summed E-state index contributed by atoms with van der Waals surface area (Å²) in [5.41, 5.74) is 1.51. The molecule has 2 atom stereocenters. The molecular weight excluding hydrogens is 304 g/mol. The molecule has 2 aromatic rings. The minimum Gasteiger partial charge on any atom is -0.372 e. The molecule has 5 nitrogen and oxygen atoms in total. The summed E-state index contributed by atoms with van der Waals surface area (Å²) in [6.07, 6.45) is 0.0419. The summed E-state index contributed by atoms with van der Waals surface area (Å²) >= 11 is 0. The van der Waals surface area contributed by atoms with E-state index in [1.54, 1.807) is 9.80 Å². The van der Waals surface area contributed by atoms with Crippen LogP contribution in [0.3, 0.4) is 0 Å². The van der Waals surface area contributed by atoms with Gasteiger partial charge < -0.3 is 9.64 Å². The highest BCUT2D eigenvalue weighted by molar-refractivity contribution is 6.26. The molecule has 1 fully saturated rings. The molecule has 0 radical (unpaired) electrons. The smallest absolute Gasteiger partial charge is 0.259 e. The number of carbonyl (C=O) groups excluding carboxylic acids is 2. The first-order chi connectivity index (χ1) is 11.5. The van der Waals surface area contributed by atoms with Crippen LogP contribution in [0.15, 0.2) is 36.4 Å². The minimum atomic E-state index is -0.0930. The van der Waals surface area contributed by atoms with Crippen molar-refractivity contribution in [1.29, 1.82) is 0 Å². The summed E-state index contributed by atoms with van der Waals surface area (Å²) < 4.78 is 5.68. The summed E-state index contributed by atoms with van der Waals surface area (Å²) in [6, 6.07) is 11.5. The molecule has 0 N–H and O–H groups in total. The molecular formula is C19H20N2O3. The molecule has 124 valence electrons. The van der Waals surface area contributed by atoms with Gasteiger partial charge >= 0.3 is 0 Å². The zero-order valence-corrected chi connectivity index (χ0v) is 13.9. The molecule has 4 rings (SSSR count). The van der Waals surface area contributed by atoms with E-state index in [2.05, 4.69) is 0 Å². The van der Waals surface area contributed by atoms with Crippen LogP contribution in [0.25, 0.3) is 10.8 Å². The molecule has 2 heterocycles. The monoisotopic (exact) mass is 324 g/mol. The van der Waals surface area contributed by atoms with Gasteiger partial charge in [0, 0.05) is 24.0 Å². The summed E-state index contributed by atoms with van der Waals surface area (Å²) in [6.45, 7) is 5.15. The number of amides is 2. The van der Waals surface area contributed by atoms with Crippen molar-refractivity contribution < 1.29 is 14.3 Å². The molecule has 0 aliphatic carbocycles. The van der Waals surface area contributed by atoms with Crippen LogP contribution in [-0.2, 0) is 9.53 Å². The van der Waals surface area contributed by atoms with Crippen molar-refractivity contribution in [3.63, 3.8) is 0 Å². The quantitative estimate of drug-likeness (QED) is 0.852. The van der Waals surface area contributed by atoms with Crippen molar-refractivity contribution in [2.75, 3.05) is 24.5 Å². The first-order valence-corrected chi connectivity index (χ1v) is 8.31. The molecule has 24 heavy (non-hydrogen) atoms. The molecule has 2 amide bonds. The summed E-state index contributed by atoms with van der Waals surface area (Å²) in [5.74, 6) is -0.125. The maximum atomic E-state index is 12.8. The fourth-order valence-electron chi connectivity index (χ4n) is 3.75. The van der Waals surface area contributed by atoms with Gasteiger partial charge in [-0.3, -0.25) is 14.5 Å². The van der Waals surface area contributed by atoms with Gasteiger partial charge in [0.2, 0.25) is 5.91 Å². The first kappa shape index (κ1) is 15.1. The van der Waals surface area contributed by atoms with Gasteiger partial charge in [-0.1, -0.05) is 24.3 Å². The molecule has 0 bridgehead atoms. The van der Waals surface area contributed by atoms with Crippen molar-refractivity contribution in [2.45, 2.75) is 26.1 Å². The maximum absolute atomic E-state index is 12.8. The summed E-state index contributed by atoms with van der Waals surface area (Å²) in [5, 5.41) is 1.98. The van der Waals surface area contributed by atoms with Crippen LogP contribution in [0.1, 0.15) is 24.2 Å². The van der Waals surface area contributed by atoms with Gasteiger partial charge in [-0.15, -0.1) is 0 Å². The van der Waals surface area contributed by atoms with E-state index in [0.29, 0.717) is 18.7 Å². The normalized spacial score (nSPS) is 23.2. The Morgan fingerprint density at radius 1 is 1.12 bits per heavy atom. The fraction of sp³-hybridized carbons (Fsp3) is 0.368. The highest BCUT2D eigenvalue weighted by atomic mass is 16.5. The number of nitrogens with zero attached hydrogens (tertiary/aromatic N) is 2. The molecule has 0 spiro atoms. The van der Waals surface area contributed by atoms with E-state index in [1.807, 2.05) is 50.2 Å². The second kappa shape index (κ2) is 5.60. The largest absolute Gasteiger partial charge is 0.372 e. The lowest BCUT2D eigenvalue weighted by atomic mass is 10.1. The van der Waals surface area contributed by atoms with Gasteiger partial charge in [0.05, 0.1) is 17.9 Å². The predicted octanol–water partition coefficient (Wildman–Crippen LogP) is 2.44. The number of hydrogen-bond donors (Lipinski definition) is 0. The Morgan fingerprint density at radius 3 is 2.50 bits per heavy atom. The lowest BCUT2D eigenvalue weighted by molar-refractivity contribution is -0.141. The molecule has 0 aromatic heterocycles. The Balaban J connectivity index is 1.61. The van der Waals surface area contributed by atoms with Crippen LogP contribution in [0.5, 0.6) is 0 Å². The fourth-order valence-corrected chi connectivity index (χ4v) is 3.75. The van der Waals surface area contributed by atoms with E-state index in [0.717, 1.165) is 16.5 Å². The van der Waals surface area contributed by atoms with Gasteiger partial charge in [0.15, 0.2) is 0 Å². The van der Waals surface area contributed by atoms with Crippen molar-refractivity contribution in [2.24, 2.45) is 0 Å². The van der Waals surface area contributed by atoms with Crippen molar-refractivity contribution in [3.05, 3.63) is 42.0 Å². The van der Waals surface area contributed by atoms with E-state index in [9.17, 15) is 9.59 Å². The van der Waals surface area contributed by atoms with Crippen molar-refractivity contribution in [1.82, 2.24) is 4.90 Å². The Hall–Kier alpha value is -2.40. The first-order valence-electron chi connectivity index (χ1n) is 8.31. The van der Waals surface area contributed by atoms with E-state index in [4.69, 9.17) is 4.74 Å². The molecule has 5 heteroatoms. The third kappa shape index (κ3) is 2.36. The lowest BCUT2D eigenvalue weighted by Crippen LogP contribution is -2.51. The van der Waals surface area contributed by atoms with Crippen LogP contribution in [0.2, 0.25) is 0 Å². The lowest BCUT2D eigenvalue weighted by Gasteiger charge is -2.36. The van der Waals surface area contributed by atoms with Crippen LogP contribution in [-0.4, -0.2) is 48.6 Å². The van der Waals surface area contributed by atoms with E-state index in [1.165, 1.54) is 0 Å². The van der Waals surface area contributed by atoms with Crippen LogP contribution < -0.4 is 4.90 Å². The second-order valence-corrected chi connectivity index (χ2v) is 6.63. The third-order valence-electron chi connectivity index (χ3n) is 4.71. The Kier molecular flexibility index (Phi) is 3.53. The zero-order chi connectivity index (χ0) is 16.8.